The van der Waals surface area contributed by atoms with Gasteiger partial charge < -0.3 is 5.11 Å². The highest BCUT2D eigenvalue weighted by Gasteiger charge is 2.34. The van der Waals surface area contributed by atoms with Crippen LogP contribution in [0.3, 0.4) is 0 Å². The summed E-state index contributed by atoms with van der Waals surface area (Å²) in [6.07, 6.45) is -4.72. The highest BCUT2D eigenvalue weighted by atomic mass is 32.2. The maximum Gasteiger partial charge on any atom is 0.416 e. The molecule has 3 rings (SSSR count). The van der Waals surface area contributed by atoms with E-state index in [1.54, 1.807) is 12.1 Å². The van der Waals surface area contributed by atoms with Gasteiger partial charge in [0.1, 0.15) is 15.7 Å². The molecule has 0 unspecified atom stereocenters. The first-order valence-electron chi connectivity index (χ1n) is 7.30. The lowest BCUT2D eigenvalue weighted by molar-refractivity contribution is -0.137. The van der Waals surface area contributed by atoms with E-state index in [4.69, 9.17) is 0 Å². The van der Waals surface area contributed by atoms with Crippen molar-refractivity contribution in [1.29, 1.82) is 0 Å². The molecule has 0 saturated carbocycles. The van der Waals surface area contributed by atoms with Gasteiger partial charge in [-0.3, -0.25) is 0 Å². The van der Waals surface area contributed by atoms with Gasteiger partial charge >= 0.3 is 6.18 Å². The lowest BCUT2D eigenvalue weighted by Crippen LogP contribution is -2.27. The predicted octanol–water partition coefficient (Wildman–Crippen LogP) is 3.84. The molecule has 0 bridgehead atoms. The summed E-state index contributed by atoms with van der Waals surface area (Å²) in [6.45, 7) is -0.128. The van der Waals surface area contributed by atoms with Gasteiger partial charge in [-0.2, -0.15) is 17.5 Å². The van der Waals surface area contributed by atoms with Crippen LogP contribution in [0.5, 0.6) is 5.75 Å². The third-order valence-corrected chi connectivity index (χ3v) is 6.53. The number of phenolic OH excluding ortho intramolecular Hbond substituents is 1. The van der Waals surface area contributed by atoms with Crippen LogP contribution in [-0.4, -0.2) is 29.9 Å². The van der Waals surface area contributed by atoms with Crippen LogP contribution < -0.4 is 0 Å². The zero-order valence-electron chi connectivity index (χ0n) is 13.4. The number of rotatable bonds is 4. The maximum absolute atomic E-state index is 12.9. The first-order valence-corrected chi connectivity index (χ1v) is 9.55. The van der Waals surface area contributed by atoms with Crippen LogP contribution in [0.1, 0.15) is 10.6 Å². The van der Waals surface area contributed by atoms with Crippen molar-refractivity contribution in [3.05, 3.63) is 53.0 Å². The summed E-state index contributed by atoms with van der Waals surface area (Å²) < 4.78 is 65.6. The molecule has 1 heterocycles. The highest BCUT2D eigenvalue weighted by Crippen LogP contribution is 2.35. The molecule has 0 spiro atoms. The fourth-order valence-corrected chi connectivity index (χ4v) is 4.67. The second kappa shape index (κ2) is 6.53. The van der Waals surface area contributed by atoms with Crippen molar-refractivity contribution in [2.45, 2.75) is 17.6 Å². The Morgan fingerprint density at radius 2 is 1.88 bits per heavy atom. The number of hydrogen-bond donors (Lipinski definition) is 1. The Kier molecular flexibility index (Phi) is 4.67. The van der Waals surface area contributed by atoms with Gasteiger partial charge in [0.05, 0.1) is 22.3 Å². The molecule has 0 radical (unpaired) electrons. The third kappa shape index (κ3) is 3.53. The van der Waals surface area contributed by atoms with E-state index in [1.165, 1.54) is 18.4 Å². The van der Waals surface area contributed by atoms with Gasteiger partial charge in [0.2, 0.25) is 10.0 Å². The molecule has 1 aromatic heterocycles. The fraction of sp³-hybridized carbons (Fsp3) is 0.188. The summed E-state index contributed by atoms with van der Waals surface area (Å²) in [5.41, 5.74) is -0.442. The van der Waals surface area contributed by atoms with E-state index < -0.39 is 32.4 Å². The normalized spacial score (nSPS) is 12.8. The topological polar surface area (TPSA) is 70.5 Å². The Labute approximate surface area is 151 Å². The van der Waals surface area contributed by atoms with E-state index in [2.05, 4.69) is 4.98 Å². The number of aromatic nitrogens is 1. The molecule has 26 heavy (non-hydrogen) atoms. The summed E-state index contributed by atoms with van der Waals surface area (Å²) in [7, 11) is -3.11. The largest absolute Gasteiger partial charge is 0.507 e. The van der Waals surface area contributed by atoms with Crippen LogP contribution >= 0.6 is 11.3 Å². The number of alkyl halides is 3. The van der Waals surface area contributed by atoms with E-state index >= 15 is 0 Å². The Morgan fingerprint density at radius 3 is 2.54 bits per heavy atom. The molecule has 1 N–H and O–H groups in total. The molecule has 3 aromatic rings. The molecule has 2 aromatic carbocycles. The van der Waals surface area contributed by atoms with Crippen molar-refractivity contribution in [3.8, 4) is 5.75 Å². The zero-order valence-corrected chi connectivity index (χ0v) is 15.0. The van der Waals surface area contributed by atoms with Crippen molar-refractivity contribution in [1.82, 2.24) is 9.29 Å². The summed E-state index contributed by atoms with van der Waals surface area (Å²) >= 11 is 1.29. The lowest BCUT2D eigenvalue weighted by atomic mass is 10.2. The van der Waals surface area contributed by atoms with E-state index in [9.17, 15) is 26.7 Å². The van der Waals surface area contributed by atoms with Crippen molar-refractivity contribution < 1.29 is 26.7 Å². The van der Waals surface area contributed by atoms with Gasteiger partial charge in [-0.15, -0.1) is 11.3 Å². The number of aromatic hydroxyl groups is 1. The smallest absolute Gasteiger partial charge is 0.416 e. The first-order chi connectivity index (χ1) is 12.1. The van der Waals surface area contributed by atoms with Crippen LogP contribution in [0, 0.1) is 0 Å². The highest BCUT2D eigenvalue weighted by molar-refractivity contribution is 7.89. The molecular weight excluding hydrogens is 389 g/mol. The van der Waals surface area contributed by atoms with Crippen molar-refractivity contribution in [3.63, 3.8) is 0 Å². The number of phenols is 1. The Morgan fingerprint density at radius 1 is 1.19 bits per heavy atom. The van der Waals surface area contributed by atoms with Crippen LogP contribution in [-0.2, 0) is 22.7 Å². The van der Waals surface area contributed by atoms with Crippen molar-refractivity contribution in [2.24, 2.45) is 0 Å². The summed E-state index contributed by atoms with van der Waals surface area (Å²) in [6, 6.07) is 9.02. The van der Waals surface area contributed by atoms with Gasteiger partial charge in [-0.25, -0.2) is 13.4 Å². The monoisotopic (exact) mass is 402 g/mol. The average Bonchev–Trinajstić information content (AvgIpc) is 2.96. The summed E-state index contributed by atoms with van der Waals surface area (Å²) in [5, 5.41) is 10.3. The molecule has 0 amide bonds. The van der Waals surface area contributed by atoms with Crippen molar-refractivity contribution in [2.75, 3.05) is 7.05 Å². The second-order valence-electron chi connectivity index (χ2n) is 5.52. The predicted molar refractivity (Wildman–Crippen MR) is 91.4 cm³/mol. The zero-order chi connectivity index (χ0) is 19.1. The Bertz CT molecular complexity index is 1030. The SMILES string of the molecule is CN(Cc1nc2ccccc2s1)S(=O)(=O)c1cc(C(F)(F)F)ccc1O. The molecule has 0 fully saturated rings. The first kappa shape index (κ1) is 18.6. The minimum absolute atomic E-state index is 0.128. The summed E-state index contributed by atoms with van der Waals surface area (Å²) in [4.78, 5) is 3.51. The number of sulfonamides is 1. The molecule has 0 aliphatic carbocycles. The number of halogens is 3. The summed E-state index contributed by atoms with van der Waals surface area (Å²) in [5.74, 6) is -0.742. The molecule has 0 aliphatic heterocycles. The van der Waals surface area contributed by atoms with E-state index in [1.807, 2.05) is 12.1 Å². The van der Waals surface area contributed by atoms with Gasteiger partial charge in [0, 0.05) is 7.05 Å². The molecular formula is C16H13F3N2O3S2. The number of nitrogens with zero attached hydrogens (tertiary/aromatic N) is 2. The minimum Gasteiger partial charge on any atom is -0.507 e. The van der Waals surface area contributed by atoms with E-state index in [0.29, 0.717) is 22.7 Å². The molecule has 0 saturated heterocycles. The van der Waals surface area contributed by atoms with Crippen LogP contribution in [0.25, 0.3) is 10.2 Å². The van der Waals surface area contributed by atoms with Crippen LogP contribution in [0.2, 0.25) is 0 Å². The Balaban J connectivity index is 1.94. The lowest BCUT2D eigenvalue weighted by Gasteiger charge is -2.18. The number of fused-ring (bicyclic) bond motifs is 1. The molecule has 0 aliphatic rings. The van der Waals surface area contributed by atoms with E-state index in [-0.39, 0.29) is 6.54 Å². The number of para-hydroxylation sites is 1. The Hall–Kier alpha value is -2.17. The standard InChI is InChI=1S/C16H13F3N2O3S2/c1-21(9-15-20-11-4-2-3-5-13(11)25-15)26(23,24)14-8-10(16(17,18)19)6-7-12(14)22/h2-8,22H,9H2,1H3. The van der Waals surface area contributed by atoms with Gasteiger partial charge in [-0.05, 0) is 30.3 Å². The van der Waals surface area contributed by atoms with Crippen molar-refractivity contribution >= 4 is 31.6 Å². The minimum atomic E-state index is -4.72. The van der Waals surface area contributed by atoms with Gasteiger partial charge in [-0.1, -0.05) is 12.1 Å². The maximum atomic E-state index is 12.9. The second-order valence-corrected chi connectivity index (χ2v) is 8.65. The van der Waals surface area contributed by atoms with Crippen LogP contribution in [0.15, 0.2) is 47.4 Å². The molecule has 5 nitrogen and oxygen atoms in total. The quantitative estimate of drug-likeness (QED) is 0.720. The van der Waals surface area contributed by atoms with Gasteiger partial charge in [0.15, 0.2) is 0 Å². The molecule has 0 atom stereocenters. The number of thiazole rings is 1. The van der Waals surface area contributed by atoms with Crippen LogP contribution in [0.4, 0.5) is 13.2 Å². The number of benzene rings is 2. The number of hydrogen-bond acceptors (Lipinski definition) is 5. The fourth-order valence-electron chi connectivity index (χ4n) is 2.33. The molecule has 138 valence electrons. The third-order valence-electron chi connectivity index (χ3n) is 3.67. The average molecular weight is 402 g/mol. The van der Waals surface area contributed by atoms with Gasteiger partial charge in [0.25, 0.3) is 0 Å². The molecule has 10 heteroatoms. The van der Waals surface area contributed by atoms with E-state index in [0.717, 1.165) is 15.1 Å².